The minimum atomic E-state index is -1.14. The van der Waals surface area contributed by atoms with E-state index in [9.17, 15) is 4.79 Å². The number of rotatable bonds is 1. The van der Waals surface area contributed by atoms with Crippen LogP contribution in [0.3, 0.4) is 0 Å². The smallest absolute Gasteiger partial charge is 0.361 e. The Morgan fingerprint density at radius 3 is 2.29 bits per heavy atom. The van der Waals surface area contributed by atoms with Crippen LogP contribution in [0.4, 0.5) is 4.79 Å². The van der Waals surface area contributed by atoms with E-state index in [-0.39, 0.29) is 0 Å². The molecule has 3 rings (SSSR count). The molecule has 0 aliphatic carbocycles. The molecule has 5 nitrogen and oxygen atoms in total. The highest BCUT2D eigenvalue weighted by atomic mass is 32.1. The number of aromatic carboxylic acids is 1. The molecule has 0 saturated heterocycles. The number of benzene rings is 2. The van der Waals surface area contributed by atoms with E-state index in [0.29, 0.717) is 17.7 Å². The lowest BCUT2D eigenvalue weighted by Crippen LogP contribution is -2.09. The summed E-state index contributed by atoms with van der Waals surface area (Å²) in [6, 6.07) is 12.8. The second-order valence-corrected chi connectivity index (χ2v) is 4.64. The molecule has 1 heterocycles. The maximum Gasteiger partial charge on any atom is 0.361 e. The number of carboxylic acid groups (broad SMARTS) is 2. The maximum atomic E-state index is 11.1. The first-order valence-corrected chi connectivity index (χ1v) is 6.46. The molecule has 1 aliphatic heterocycles. The van der Waals surface area contributed by atoms with Crippen LogP contribution in [0.25, 0.3) is 0 Å². The lowest BCUT2D eigenvalue weighted by Gasteiger charge is -2.21. The third-order valence-corrected chi connectivity index (χ3v) is 2.92. The van der Waals surface area contributed by atoms with Crippen LogP contribution >= 0.6 is 12.6 Å². The number of carbonyl (C=O) groups is 2. The zero-order valence-corrected chi connectivity index (χ0v) is 11.7. The SMILES string of the molecule is O=C(O)S.O=C(O)c1cccc2c1Cc1ccccc1O2. The maximum absolute atomic E-state index is 11.1. The van der Waals surface area contributed by atoms with Crippen molar-refractivity contribution in [2.45, 2.75) is 6.42 Å². The Kier molecular flexibility index (Phi) is 4.49. The monoisotopic (exact) mass is 304 g/mol. The van der Waals surface area contributed by atoms with E-state index < -0.39 is 11.3 Å². The molecule has 0 radical (unpaired) electrons. The zero-order chi connectivity index (χ0) is 15.4. The van der Waals surface area contributed by atoms with Crippen LogP contribution in [0.1, 0.15) is 21.5 Å². The van der Waals surface area contributed by atoms with Gasteiger partial charge in [-0.2, -0.15) is 0 Å². The van der Waals surface area contributed by atoms with Crippen molar-refractivity contribution in [3.05, 3.63) is 59.2 Å². The van der Waals surface area contributed by atoms with Gasteiger partial charge >= 0.3 is 11.3 Å². The third-order valence-electron chi connectivity index (χ3n) is 2.92. The number of ether oxygens (including phenoxy) is 1. The molecule has 0 amide bonds. The summed E-state index contributed by atoms with van der Waals surface area (Å²) < 4.78 is 5.70. The highest BCUT2D eigenvalue weighted by Crippen LogP contribution is 2.37. The summed E-state index contributed by atoms with van der Waals surface area (Å²) in [5, 5.41) is 15.3. The van der Waals surface area contributed by atoms with Gasteiger partial charge in [0.1, 0.15) is 11.5 Å². The first-order valence-electron chi connectivity index (χ1n) is 6.02. The molecule has 21 heavy (non-hydrogen) atoms. The molecule has 2 aromatic carbocycles. The van der Waals surface area contributed by atoms with Crippen molar-refractivity contribution < 1.29 is 24.5 Å². The predicted octanol–water partition coefficient (Wildman–Crippen LogP) is 3.68. The molecule has 0 fully saturated rings. The Morgan fingerprint density at radius 2 is 1.62 bits per heavy atom. The van der Waals surface area contributed by atoms with Crippen molar-refractivity contribution in [1.82, 2.24) is 0 Å². The minimum absolute atomic E-state index is 0.317. The van der Waals surface area contributed by atoms with Crippen LogP contribution in [0.5, 0.6) is 11.5 Å². The summed E-state index contributed by atoms with van der Waals surface area (Å²) in [4.78, 5) is 20.0. The predicted molar refractivity (Wildman–Crippen MR) is 79.7 cm³/mol. The standard InChI is InChI=1S/C14H10O3.CH2O2S/c15-14(16)10-5-3-7-13-11(10)8-9-4-1-2-6-12(9)17-13;2-1(3)4/h1-7H,8H2,(H,15,16);4H,(H,2,3). The first-order chi connectivity index (χ1) is 9.99. The lowest BCUT2D eigenvalue weighted by atomic mass is 9.96. The second kappa shape index (κ2) is 6.32. The van der Waals surface area contributed by atoms with Crippen LogP contribution in [0.2, 0.25) is 0 Å². The quantitative estimate of drug-likeness (QED) is 0.597. The summed E-state index contributed by atoms with van der Waals surface area (Å²) >= 11 is 2.88. The van der Waals surface area contributed by atoms with Gasteiger partial charge in [0.25, 0.3) is 0 Å². The van der Waals surface area contributed by atoms with Crippen LogP contribution in [0, 0.1) is 0 Å². The molecule has 2 aromatic rings. The third kappa shape index (κ3) is 3.55. The minimum Gasteiger partial charge on any atom is -0.478 e. The lowest BCUT2D eigenvalue weighted by molar-refractivity contribution is 0.0695. The Labute approximate surface area is 126 Å². The van der Waals surface area contributed by atoms with E-state index >= 15 is 0 Å². The van der Waals surface area contributed by atoms with E-state index in [1.165, 1.54) is 0 Å². The molecule has 6 heteroatoms. The fourth-order valence-corrected chi connectivity index (χ4v) is 2.10. The number of hydrogen-bond acceptors (Lipinski definition) is 3. The van der Waals surface area contributed by atoms with E-state index in [4.69, 9.17) is 19.7 Å². The summed E-state index contributed by atoms with van der Waals surface area (Å²) in [7, 11) is 0. The molecular formula is C15H12O5S. The molecule has 2 N–H and O–H groups in total. The molecule has 0 bridgehead atoms. The van der Waals surface area contributed by atoms with Gasteiger partial charge in [-0.1, -0.05) is 36.9 Å². The summed E-state index contributed by atoms with van der Waals surface area (Å²) in [5.41, 5.74) is 2.09. The topological polar surface area (TPSA) is 83.8 Å². The molecule has 0 unspecified atom stereocenters. The van der Waals surface area contributed by atoms with E-state index in [2.05, 4.69) is 12.6 Å². The van der Waals surface area contributed by atoms with Crippen molar-refractivity contribution in [2.24, 2.45) is 0 Å². The summed E-state index contributed by atoms with van der Waals surface area (Å²) in [6.07, 6.45) is 0.605. The fourth-order valence-electron chi connectivity index (χ4n) is 2.10. The second-order valence-electron chi connectivity index (χ2n) is 4.26. The van der Waals surface area contributed by atoms with Crippen molar-refractivity contribution in [3.8, 4) is 11.5 Å². The molecule has 0 atom stereocenters. The van der Waals surface area contributed by atoms with Crippen LogP contribution < -0.4 is 4.74 Å². The highest BCUT2D eigenvalue weighted by Gasteiger charge is 2.21. The molecule has 1 aliphatic rings. The first kappa shape index (κ1) is 14.9. The molecular weight excluding hydrogens is 292 g/mol. The molecule has 0 aromatic heterocycles. The van der Waals surface area contributed by atoms with Gasteiger partial charge in [0.05, 0.1) is 5.56 Å². The van der Waals surface area contributed by atoms with Gasteiger partial charge < -0.3 is 14.9 Å². The number of hydrogen-bond donors (Lipinski definition) is 3. The van der Waals surface area contributed by atoms with Crippen LogP contribution in [0.15, 0.2) is 42.5 Å². The zero-order valence-electron chi connectivity index (χ0n) is 10.8. The van der Waals surface area contributed by atoms with Crippen molar-refractivity contribution in [1.29, 1.82) is 0 Å². The summed E-state index contributed by atoms with van der Waals surface area (Å²) in [6.45, 7) is 0. The van der Waals surface area contributed by atoms with E-state index in [1.54, 1.807) is 18.2 Å². The van der Waals surface area contributed by atoms with Gasteiger partial charge in [0.15, 0.2) is 0 Å². The van der Waals surface area contributed by atoms with Crippen molar-refractivity contribution in [3.63, 3.8) is 0 Å². The average Bonchev–Trinajstić information content (AvgIpc) is 2.43. The average molecular weight is 304 g/mol. The molecule has 0 saturated carbocycles. The van der Waals surface area contributed by atoms with Crippen molar-refractivity contribution in [2.75, 3.05) is 0 Å². The highest BCUT2D eigenvalue weighted by molar-refractivity contribution is 7.96. The number of thiol groups is 1. The van der Waals surface area contributed by atoms with E-state index in [1.807, 2.05) is 24.3 Å². The van der Waals surface area contributed by atoms with Gasteiger partial charge in [-0.25, -0.2) is 9.59 Å². The van der Waals surface area contributed by atoms with Gasteiger partial charge in [0.2, 0.25) is 0 Å². The van der Waals surface area contributed by atoms with Crippen LogP contribution in [-0.2, 0) is 6.42 Å². The normalized spacial score (nSPS) is 11.1. The van der Waals surface area contributed by atoms with Gasteiger partial charge in [-0.15, -0.1) is 0 Å². The van der Waals surface area contributed by atoms with Gasteiger partial charge in [-0.05, 0) is 23.8 Å². The Balaban J connectivity index is 0.000000361. The Bertz CT molecular complexity index is 692. The summed E-state index contributed by atoms with van der Waals surface area (Å²) in [5.74, 6) is 0.538. The van der Waals surface area contributed by atoms with Crippen LogP contribution in [-0.4, -0.2) is 21.5 Å². The Hall–Kier alpha value is -2.47. The number of fused-ring (bicyclic) bond motifs is 2. The molecule has 0 spiro atoms. The van der Waals surface area contributed by atoms with Crippen molar-refractivity contribution >= 4 is 23.9 Å². The number of para-hydroxylation sites is 1. The van der Waals surface area contributed by atoms with Gasteiger partial charge in [-0.3, -0.25) is 0 Å². The Morgan fingerprint density at radius 1 is 1.00 bits per heavy atom. The number of carboxylic acids is 1. The van der Waals surface area contributed by atoms with Gasteiger partial charge in [0, 0.05) is 12.0 Å². The van der Waals surface area contributed by atoms with E-state index in [0.717, 1.165) is 16.9 Å². The largest absolute Gasteiger partial charge is 0.478 e. The fraction of sp³-hybridized carbons (Fsp3) is 0.0667. The molecule has 108 valence electrons.